The minimum absolute atomic E-state index is 0.00694. The minimum Gasteiger partial charge on any atom is -0.373 e. The summed E-state index contributed by atoms with van der Waals surface area (Å²) in [7, 11) is 0. The fourth-order valence-corrected chi connectivity index (χ4v) is 1.27. The summed E-state index contributed by atoms with van der Waals surface area (Å²) < 4.78 is 5.05. The van der Waals surface area contributed by atoms with Crippen LogP contribution in [0.25, 0.3) is 0 Å². The molecule has 1 heterocycles. The molecule has 3 nitrogen and oxygen atoms in total. The zero-order valence-corrected chi connectivity index (χ0v) is 7.09. The average Bonchev–Trinajstić information content (AvgIpc) is 2.36. The monoisotopic (exact) mass is 157 g/mol. The van der Waals surface area contributed by atoms with Crippen molar-refractivity contribution in [3.05, 3.63) is 0 Å². The Bertz CT molecular complexity index is 165. The van der Waals surface area contributed by atoms with Crippen LogP contribution in [0.3, 0.4) is 0 Å². The van der Waals surface area contributed by atoms with E-state index in [2.05, 4.69) is 0 Å². The lowest BCUT2D eigenvalue weighted by Gasteiger charge is -2.27. The van der Waals surface area contributed by atoms with Crippen LogP contribution < -0.4 is 5.73 Å². The van der Waals surface area contributed by atoms with E-state index in [9.17, 15) is 4.79 Å². The standard InChI is InChI=1S/C8H15NO2/c1-8(2,5-9)6-3-11-4-7(6)10/h6H,3-5,9H2,1-2H3. The summed E-state index contributed by atoms with van der Waals surface area (Å²) in [4.78, 5) is 11.2. The van der Waals surface area contributed by atoms with E-state index < -0.39 is 0 Å². The first-order valence-corrected chi connectivity index (χ1v) is 3.88. The molecular weight excluding hydrogens is 142 g/mol. The molecule has 0 aromatic rings. The molecule has 0 radical (unpaired) electrons. The maximum atomic E-state index is 11.2. The SMILES string of the molecule is CC(C)(CN)C1COCC1=O. The normalized spacial score (nSPS) is 26.1. The molecule has 1 aliphatic rings. The van der Waals surface area contributed by atoms with Crippen molar-refractivity contribution in [2.75, 3.05) is 19.8 Å². The summed E-state index contributed by atoms with van der Waals surface area (Å²) in [5.74, 6) is 0.202. The molecule has 0 aromatic heterocycles. The molecule has 2 N–H and O–H groups in total. The largest absolute Gasteiger partial charge is 0.373 e. The summed E-state index contributed by atoms with van der Waals surface area (Å²) in [6.45, 7) is 5.36. The van der Waals surface area contributed by atoms with Crippen LogP contribution >= 0.6 is 0 Å². The number of carbonyl (C=O) groups excluding carboxylic acids is 1. The van der Waals surface area contributed by atoms with Crippen molar-refractivity contribution in [2.24, 2.45) is 17.1 Å². The van der Waals surface area contributed by atoms with Gasteiger partial charge in [-0.05, 0) is 12.0 Å². The lowest BCUT2D eigenvalue weighted by molar-refractivity contribution is -0.122. The Morgan fingerprint density at radius 3 is 2.73 bits per heavy atom. The van der Waals surface area contributed by atoms with Crippen LogP contribution in [0.5, 0.6) is 0 Å². The van der Waals surface area contributed by atoms with Gasteiger partial charge in [0.15, 0.2) is 5.78 Å². The average molecular weight is 157 g/mol. The molecule has 0 saturated carbocycles. The van der Waals surface area contributed by atoms with Gasteiger partial charge in [-0.25, -0.2) is 0 Å². The van der Waals surface area contributed by atoms with Gasteiger partial charge in [-0.3, -0.25) is 4.79 Å². The highest BCUT2D eigenvalue weighted by Gasteiger charge is 2.37. The van der Waals surface area contributed by atoms with Crippen LogP contribution in [0, 0.1) is 11.3 Å². The Hall–Kier alpha value is -0.410. The van der Waals surface area contributed by atoms with Crippen LogP contribution in [-0.4, -0.2) is 25.5 Å². The van der Waals surface area contributed by atoms with Crippen molar-refractivity contribution in [1.29, 1.82) is 0 Å². The minimum atomic E-state index is -0.104. The molecule has 0 amide bonds. The number of hydrogen-bond donors (Lipinski definition) is 1. The van der Waals surface area contributed by atoms with E-state index in [1.54, 1.807) is 0 Å². The highest BCUT2D eigenvalue weighted by molar-refractivity contribution is 5.84. The second-order valence-electron chi connectivity index (χ2n) is 3.73. The van der Waals surface area contributed by atoms with Gasteiger partial charge in [0.2, 0.25) is 0 Å². The molecule has 0 aromatic carbocycles. The van der Waals surface area contributed by atoms with E-state index in [0.717, 1.165) is 0 Å². The number of rotatable bonds is 2. The van der Waals surface area contributed by atoms with Crippen molar-refractivity contribution in [3.8, 4) is 0 Å². The van der Waals surface area contributed by atoms with E-state index in [0.29, 0.717) is 13.2 Å². The van der Waals surface area contributed by atoms with Crippen molar-refractivity contribution in [1.82, 2.24) is 0 Å². The number of carbonyl (C=O) groups is 1. The first kappa shape index (κ1) is 8.68. The topological polar surface area (TPSA) is 52.3 Å². The van der Waals surface area contributed by atoms with Gasteiger partial charge in [0, 0.05) is 5.92 Å². The van der Waals surface area contributed by atoms with Crippen molar-refractivity contribution < 1.29 is 9.53 Å². The van der Waals surface area contributed by atoms with Crippen molar-refractivity contribution in [2.45, 2.75) is 13.8 Å². The molecule has 0 bridgehead atoms. The Kier molecular flexibility index (Phi) is 2.30. The summed E-state index contributed by atoms with van der Waals surface area (Å²) >= 11 is 0. The van der Waals surface area contributed by atoms with E-state index in [4.69, 9.17) is 10.5 Å². The van der Waals surface area contributed by atoms with Crippen molar-refractivity contribution >= 4 is 5.78 Å². The zero-order chi connectivity index (χ0) is 8.48. The predicted octanol–water partition coefficient (Wildman–Crippen LogP) is 0.187. The molecule has 64 valence electrons. The number of nitrogens with two attached hydrogens (primary N) is 1. The molecule has 1 aliphatic heterocycles. The number of ketones is 1. The lowest BCUT2D eigenvalue weighted by Crippen LogP contribution is -2.36. The summed E-state index contributed by atoms with van der Waals surface area (Å²) in [6.07, 6.45) is 0. The first-order chi connectivity index (χ1) is 5.08. The Morgan fingerprint density at radius 2 is 2.36 bits per heavy atom. The number of hydrogen-bond acceptors (Lipinski definition) is 3. The highest BCUT2D eigenvalue weighted by atomic mass is 16.5. The summed E-state index contributed by atoms with van der Waals surface area (Å²) in [5.41, 5.74) is 5.44. The summed E-state index contributed by atoms with van der Waals surface area (Å²) in [6, 6.07) is 0. The van der Waals surface area contributed by atoms with E-state index in [-0.39, 0.29) is 23.7 Å². The van der Waals surface area contributed by atoms with Gasteiger partial charge in [0.1, 0.15) is 6.61 Å². The van der Waals surface area contributed by atoms with Crippen LogP contribution in [-0.2, 0) is 9.53 Å². The highest BCUT2D eigenvalue weighted by Crippen LogP contribution is 2.29. The molecule has 1 saturated heterocycles. The smallest absolute Gasteiger partial charge is 0.164 e. The predicted molar refractivity (Wildman–Crippen MR) is 42.2 cm³/mol. The molecule has 0 spiro atoms. The third-order valence-electron chi connectivity index (χ3n) is 2.39. The third kappa shape index (κ3) is 1.60. The van der Waals surface area contributed by atoms with Gasteiger partial charge >= 0.3 is 0 Å². The van der Waals surface area contributed by atoms with E-state index >= 15 is 0 Å². The van der Waals surface area contributed by atoms with Crippen LogP contribution in [0.15, 0.2) is 0 Å². The molecular formula is C8H15NO2. The van der Waals surface area contributed by atoms with E-state index in [1.165, 1.54) is 0 Å². The molecule has 1 unspecified atom stereocenters. The fourth-order valence-electron chi connectivity index (χ4n) is 1.27. The maximum absolute atomic E-state index is 11.2. The van der Waals surface area contributed by atoms with Gasteiger partial charge in [0.25, 0.3) is 0 Å². The molecule has 1 rings (SSSR count). The van der Waals surface area contributed by atoms with E-state index in [1.807, 2.05) is 13.8 Å². The van der Waals surface area contributed by atoms with Crippen LogP contribution in [0.2, 0.25) is 0 Å². The van der Waals surface area contributed by atoms with Gasteiger partial charge in [0.05, 0.1) is 6.61 Å². The Balaban J connectivity index is 2.65. The second-order valence-corrected chi connectivity index (χ2v) is 3.73. The molecule has 1 atom stereocenters. The first-order valence-electron chi connectivity index (χ1n) is 3.88. The molecule has 11 heavy (non-hydrogen) atoms. The fraction of sp³-hybridized carbons (Fsp3) is 0.875. The number of Topliss-reactive ketones (excluding diaryl/α,β-unsaturated/α-hetero) is 1. The van der Waals surface area contributed by atoms with Gasteiger partial charge in [-0.1, -0.05) is 13.8 Å². The van der Waals surface area contributed by atoms with Crippen LogP contribution in [0.4, 0.5) is 0 Å². The zero-order valence-electron chi connectivity index (χ0n) is 7.09. The van der Waals surface area contributed by atoms with Crippen molar-refractivity contribution in [3.63, 3.8) is 0 Å². The second kappa shape index (κ2) is 2.91. The Labute approximate surface area is 66.9 Å². The maximum Gasteiger partial charge on any atom is 0.164 e. The summed E-state index contributed by atoms with van der Waals surface area (Å²) in [5, 5.41) is 0. The van der Waals surface area contributed by atoms with Gasteiger partial charge in [-0.15, -0.1) is 0 Å². The quantitative estimate of drug-likeness (QED) is 0.622. The third-order valence-corrected chi connectivity index (χ3v) is 2.39. The van der Waals surface area contributed by atoms with Gasteiger partial charge in [-0.2, -0.15) is 0 Å². The van der Waals surface area contributed by atoms with Gasteiger partial charge < -0.3 is 10.5 Å². The molecule has 3 heteroatoms. The Morgan fingerprint density at radius 1 is 1.73 bits per heavy atom. The molecule has 1 fully saturated rings. The lowest BCUT2D eigenvalue weighted by atomic mass is 9.78. The molecule has 0 aliphatic carbocycles. The number of ether oxygens (including phenoxy) is 1. The van der Waals surface area contributed by atoms with Crippen LogP contribution in [0.1, 0.15) is 13.8 Å².